The molecular weight excluding hydrogens is 270 g/mol. The first-order valence-corrected chi connectivity index (χ1v) is 7.62. The first-order chi connectivity index (χ1) is 10.5. The van der Waals surface area contributed by atoms with Gasteiger partial charge in [0.1, 0.15) is 0 Å². The van der Waals surface area contributed by atoms with E-state index in [2.05, 4.69) is 38.6 Å². The maximum absolute atomic E-state index is 13.1. The summed E-state index contributed by atoms with van der Waals surface area (Å²) in [6.45, 7) is 8.68. The Balaban J connectivity index is 2.03. The fourth-order valence-electron chi connectivity index (χ4n) is 3.15. The smallest absolute Gasteiger partial charge is 0.235 e. The van der Waals surface area contributed by atoms with Gasteiger partial charge in [0.25, 0.3) is 0 Å². The molecule has 0 radical (unpaired) electrons. The molecule has 112 valence electrons. The van der Waals surface area contributed by atoms with Crippen molar-refractivity contribution in [3.05, 3.63) is 78.4 Å². The zero-order valence-electron chi connectivity index (χ0n) is 13.1. The summed E-state index contributed by atoms with van der Waals surface area (Å²) in [5.41, 5.74) is 3.01. The van der Waals surface area contributed by atoms with Crippen LogP contribution in [-0.2, 0) is 11.3 Å². The molecule has 1 unspecified atom stereocenters. The van der Waals surface area contributed by atoms with Gasteiger partial charge >= 0.3 is 0 Å². The lowest BCUT2D eigenvalue weighted by molar-refractivity contribution is -0.121. The molecule has 1 amide bonds. The maximum Gasteiger partial charge on any atom is 0.235 e. The summed E-state index contributed by atoms with van der Waals surface area (Å²) in [5.74, 6) is -0.000125. The summed E-state index contributed by atoms with van der Waals surface area (Å²) in [6.07, 6.45) is 1.89. The van der Waals surface area contributed by atoms with E-state index in [1.165, 1.54) is 0 Å². The van der Waals surface area contributed by atoms with E-state index in [9.17, 15) is 4.79 Å². The van der Waals surface area contributed by atoms with E-state index in [1.54, 1.807) is 0 Å². The molecule has 3 rings (SSSR count). The second-order valence-electron chi connectivity index (χ2n) is 6.43. The highest BCUT2D eigenvalue weighted by atomic mass is 16.2. The summed E-state index contributed by atoms with van der Waals surface area (Å²) in [4.78, 5) is 15.0. The van der Waals surface area contributed by atoms with Gasteiger partial charge in [-0.25, -0.2) is 0 Å². The molecule has 0 spiro atoms. The van der Waals surface area contributed by atoms with Gasteiger partial charge in [0, 0.05) is 5.69 Å². The van der Waals surface area contributed by atoms with Crippen molar-refractivity contribution in [2.45, 2.75) is 26.3 Å². The van der Waals surface area contributed by atoms with Gasteiger partial charge in [-0.15, -0.1) is 6.58 Å². The predicted molar refractivity (Wildman–Crippen MR) is 90.8 cm³/mol. The molecule has 0 aliphatic carbocycles. The second-order valence-corrected chi connectivity index (χ2v) is 6.43. The van der Waals surface area contributed by atoms with Gasteiger partial charge in [-0.1, -0.05) is 68.5 Å². The first-order valence-electron chi connectivity index (χ1n) is 7.62. The lowest BCUT2D eigenvalue weighted by atomic mass is 9.76. The molecule has 2 aromatic carbocycles. The zero-order valence-corrected chi connectivity index (χ0v) is 13.1. The number of anilines is 1. The van der Waals surface area contributed by atoms with E-state index in [0.717, 1.165) is 16.8 Å². The first kappa shape index (κ1) is 14.6. The van der Waals surface area contributed by atoms with Crippen LogP contribution in [-0.4, -0.2) is 5.91 Å². The summed E-state index contributed by atoms with van der Waals surface area (Å²) in [6, 6.07) is 18.2. The molecule has 1 heterocycles. The fraction of sp³-hybridized carbons (Fsp3) is 0.250. The third-order valence-electron chi connectivity index (χ3n) is 4.51. The van der Waals surface area contributed by atoms with Crippen LogP contribution in [0.2, 0.25) is 0 Å². The van der Waals surface area contributed by atoms with Crippen molar-refractivity contribution in [1.82, 2.24) is 0 Å². The van der Waals surface area contributed by atoms with E-state index < -0.39 is 0 Å². The minimum Gasteiger partial charge on any atom is -0.307 e. The van der Waals surface area contributed by atoms with Crippen LogP contribution in [0.3, 0.4) is 0 Å². The monoisotopic (exact) mass is 291 g/mol. The van der Waals surface area contributed by atoms with Crippen molar-refractivity contribution in [1.29, 1.82) is 0 Å². The topological polar surface area (TPSA) is 20.3 Å². The van der Waals surface area contributed by atoms with Crippen LogP contribution in [0.15, 0.2) is 67.3 Å². The number of rotatable bonds is 4. The molecule has 0 saturated heterocycles. The number of allylic oxidation sites excluding steroid dienone is 1. The standard InChI is InChI=1S/C20H21NO/c1-4-20(2,3)18-16-12-8-9-13-17(16)21(19(18)22)14-15-10-6-5-7-11-15/h4-13,18H,1,14H2,2-3H3. The molecule has 22 heavy (non-hydrogen) atoms. The van der Waals surface area contributed by atoms with Gasteiger partial charge < -0.3 is 4.90 Å². The Morgan fingerprint density at radius 2 is 1.73 bits per heavy atom. The molecule has 0 aromatic heterocycles. The number of fused-ring (bicyclic) bond motifs is 1. The van der Waals surface area contributed by atoms with Gasteiger partial charge in [-0.2, -0.15) is 0 Å². The van der Waals surface area contributed by atoms with Crippen LogP contribution in [0.1, 0.15) is 30.9 Å². The molecule has 0 N–H and O–H groups in total. The van der Waals surface area contributed by atoms with Crippen molar-refractivity contribution >= 4 is 11.6 Å². The minimum atomic E-state index is -0.265. The molecule has 2 nitrogen and oxygen atoms in total. The Morgan fingerprint density at radius 3 is 2.41 bits per heavy atom. The lowest BCUT2D eigenvalue weighted by Crippen LogP contribution is -2.33. The van der Waals surface area contributed by atoms with Crippen molar-refractivity contribution < 1.29 is 4.79 Å². The van der Waals surface area contributed by atoms with E-state index in [-0.39, 0.29) is 17.2 Å². The lowest BCUT2D eigenvalue weighted by Gasteiger charge is -2.27. The number of carbonyl (C=O) groups is 1. The van der Waals surface area contributed by atoms with Crippen molar-refractivity contribution in [3.8, 4) is 0 Å². The van der Waals surface area contributed by atoms with Crippen LogP contribution in [0.25, 0.3) is 0 Å². The summed E-state index contributed by atoms with van der Waals surface area (Å²) in [5, 5.41) is 0. The number of para-hydroxylation sites is 1. The Bertz CT molecular complexity index is 703. The number of hydrogen-bond acceptors (Lipinski definition) is 1. The number of hydrogen-bond donors (Lipinski definition) is 0. The normalized spacial score (nSPS) is 17.5. The van der Waals surface area contributed by atoms with Gasteiger partial charge in [-0.05, 0) is 22.6 Å². The molecule has 2 aromatic rings. The van der Waals surface area contributed by atoms with E-state index in [0.29, 0.717) is 6.54 Å². The van der Waals surface area contributed by atoms with Crippen molar-refractivity contribution in [2.75, 3.05) is 4.90 Å². The Kier molecular flexibility index (Phi) is 3.61. The SMILES string of the molecule is C=CC(C)(C)C1C(=O)N(Cc2ccccc2)c2ccccc21. The largest absolute Gasteiger partial charge is 0.307 e. The maximum atomic E-state index is 13.1. The fourth-order valence-corrected chi connectivity index (χ4v) is 3.15. The molecule has 1 aliphatic rings. The highest BCUT2D eigenvalue weighted by molar-refractivity contribution is 6.05. The number of benzene rings is 2. The molecule has 2 heteroatoms. The zero-order chi connectivity index (χ0) is 15.7. The van der Waals surface area contributed by atoms with Crippen LogP contribution in [0.4, 0.5) is 5.69 Å². The summed E-state index contributed by atoms with van der Waals surface area (Å²) >= 11 is 0. The molecule has 0 fully saturated rings. The predicted octanol–water partition coefficient (Wildman–Crippen LogP) is 4.53. The van der Waals surface area contributed by atoms with Crippen LogP contribution >= 0.6 is 0 Å². The highest BCUT2D eigenvalue weighted by Gasteiger charge is 2.44. The van der Waals surface area contributed by atoms with Crippen molar-refractivity contribution in [3.63, 3.8) is 0 Å². The Morgan fingerprint density at radius 1 is 1.09 bits per heavy atom. The van der Waals surface area contributed by atoms with Crippen LogP contribution in [0, 0.1) is 5.41 Å². The molecular formula is C20H21NO. The van der Waals surface area contributed by atoms with Gasteiger partial charge in [-0.3, -0.25) is 4.79 Å². The summed E-state index contributed by atoms with van der Waals surface area (Å²) in [7, 11) is 0. The van der Waals surface area contributed by atoms with E-state index in [4.69, 9.17) is 0 Å². The van der Waals surface area contributed by atoms with Crippen LogP contribution < -0.4 is 4.90 Å². The minimum absolute atomic E-state index is 0.162. The number of nitrogens with zero attached hydrogens (tertiary/aromatic N) is 1. The average Bonchev–Trinajstić information content (AvgIpc) is 2.81. The third kappa shape index (κ3) is 2.35. The average molecular weight is 291 g/mol. The molecule has 0 bridgehead atoms. The van der Waals surface area contributed by atoms with Crippen molar-refractivity contribution in [2.24, 2.45) is 5.41 Å². The summed E-state index contributed by atoms with van der Waals surface area (Å²) < 4.78 is 0. The Hall–Kier alpha value is -2.35. The van der Waals surface area contributed by atoms with Gasteiger partial charge in [0.15, 0.2) is 0 Å². The molecule has 1 aliphatic heterocycles. The molecule has 1 atom stereocenters. The van der Waals surface area contributed by atoms with E-state index in [1.807, 2.05) is 47.4 Å². The van der Waals surface area contributed by atoms with Gasteiger partial charge in [0.05, 0.1) is 12.5 Å². The second kappa shape index (κ2) is 5.45. The molecule has 0 saturated carbocycles. The quantitative estimate of drug-likeness (QED) is 0.758. The number of carbonyl (C=O) groups excluding carboxylic acids is 1. The van der Waals surface area contributed by atoms with E-state index >= 15 is 0 Å². The third-order valence-corrected chi connectivity index (χ3v) is 4.51. The van der Waals surface area contributed by atoms with Gasteiger partial charge in [0.2, 0.25) is 5.91 Å². The van der Waals surface area contributed by atoms with Crippen LogP contribution in [0.5, 0.6) is 0 Å². The Labute approximate surface area is 132 Å². The number of amides is 1. The highest BCUT2D eigenvalue weighted by Crippen LogP contribution is 2.47.